The fourth-order valence-electron chi connectivity index (χ4n) is 3.68. The van der Waals surface area contributed by atoms with E-state index in [2.05, 4.69) is 36.4 Å². The number of hydrogen-bond acceptors (Lipinski definition) is 10. The number of morpholine rings is 2. The number of halogens is 1. The molecule has 0 aliphatic carbocycles. The first-order valence-corrected chi connectivity index (χ1v) is 12.7. The lowest BCUT2D eigenvalue weighted by Crippen LogP contribution is -2.40. The highest BCUT2D eigenvalue weighted by molar-refractivity contribution is 7.99. The van der Waals surface area contributed by atoms with Crippen molar-refractivity contribution >= 4 is 47.4 Å². The summed E-state index contributed by atoms with van der Waals surface area (Å²) in [6.45, 7) is 5.58. The molecule has 2 fully saturated rings. The summed E-state index contributed by atoms with van der Waals surface area (Å²) in [6.07, 6.45) is 1.78. The summed E-state index contributed by atoms with van der Waals surface area (Å²) in [5.41, 5.74) is 4.00. The fourth-order valence-corrected chi connectivity index (χ4v) is 4.72. The topological polar surface area (TPSA) is 88.0 Å². The van der Waals surface area contributed by atoms with Crippen molar-refractivity contribution in [2.45, 2.75) is 9.79 Å². The van der Waals surface area contributed by atoms with Crippen LogP contribution in [0.1, 0.15) is 5.56 Å². The van der Waals surface area contributed by atoms with E-state index in [1.807, 2.05) is 42.5 Å². The first kappa shape index (κ1) is 23.8. The Labute approximate surface area is 213 Å². The average Bonchev–Trinajstić information content (AvgIpc) is 2.92. The van der Waals surface area contributed by atoms with Gasteiger partial charge >= 0.3 is 0 Å². The Bertz CT molecular complexity index is 1120. The van der Waals surface area contributed by atoms with Gasteiger partial charge in [0.05, 0.1) is 32.6 Å². The third-order valence-corrected chi connectivity index (χ3v) is 6.88. The Kier molecular flexibility index (Phi) is 7.94. The maximum Gasteiger partial charge on any atom is 0.250 e. The predicted molar refractivity (Wildman–Crippen MR) is 139 cm³/mol. The third-order valence-electron chi connectivity index (χ3n) is 5.53. The molecule has 2 saturated heterocycles. The monoisotopic (exact) mass is 511 g/mol. The predicted octanol–water partition coefficient (Wildman–Crippen LogP) is 3.80. The van der Waals surface area contributed by atoms with E-state index in [1.54, 1.807) is 18.0 Å². The maximum absolute atomic E-state index is 6.02. The van der Waals surface area contributed by atoms with Crippen LogP contribution in [0.15, 0.2) is 63.4 Å². The molecule has 0 unspecified atom stereocenters. The lowest BCUT2D eigenvalue weighted by atomic mass is 10.2. The van der Waals surface area contributed by atoms with Gasteiger partial charge in [-0.3, -0.25) is 0 Å². The minimum Gasteiger partial charge on any atom is -0.378 e. The van der Waals surface area contributed by atoms with Gasteiger partial charge in [0, 0.05) is 46.6 Å². The second-order valence-electron chi connectivity index (χ2n) is 7.92. The average molecular weight is 512 g/mol. The highest BCUT2D eigenvalue weighted by Gasteiger charge is 2.20. The summed E-state index contributed by atoms with van der Waals surface area (Å²) in [7, 11) is 0. The van der Waals surface area contributed by atoms with Crippen molar-refractivity contribution in [2.75, 3.05) is 67.8 Å². The summed E-state index contributed by atoms with van der Waals surface area (Å²) in [4.78, 5) is 20.4. The number of hydrazone groups is 1. The standard InChI is InChI=1S/C24H26ClN7O2S/c25-19-5-7-20(8-6-19)35-21-4-2-1-3-18(21)17-26-30-22-27-23(31-9-13-33-14-10-31)29-24(28-22)32-11-15-34-16-12-32/h1-8,17H,9-16H2,(H,27,28,29,30). The summed E-state index contributed by atoms with van der Waals surface area (Å²) in [5.74, 6) is 1.66. The normalized spacial score (nSPS) is 16.6. The molecule has 1 aromatic heterocycles. The van der Waals surface area contributed by atoms with Gasteiger partial charge in [-0.05, 0) is 30.3 Å². The van der Waals surface area contributed by atoms with Gasteiger partial charge in [0.2, 0.25) is 17.8 Å². The number of aromatic nitrogens is 3. The molecule has 0 atom stereocenters. The largest absolute Gasteiger partial charge is 0.378 e. The Morgan fingerprint density at radius 2 is 1.43 bits per heavy atom. The molecule has 2 aliphatic rings. The van der Waals surface area contributed by atoms with E-state index >= 15 is 0 Å². The molecule has 2 aliphatic heterocycles. The van der Waals surface area contributed by atoms with E-state index in [0.717, 1.165) is 46.6 Å². The quantitative estimate of drug-likeness (QED) is 0.376. The Hall–Kier alpha value is -2.92. The van der Waals surface area contributed by atoms with Crippen LogP contribution in [0.4, 0.5) is 17.8 Å². The molecule has 3 aromatic rings. The van der Waals surface area contributed by atoms with Crippen LogP contribution >= 0.6 is 23.4 Å². The molecular formula is C24H26ClN7O2S. The molecule has 35 heavy (non-hydrogen) atoms. The van der Waals surface area contributed by atoms with Crippen LogP contribution in [0.5, 0.6) is 0 Å². The van der Waals surface area contributed by atoms with E-state index < -0.39 is 0 Å². The summed E-state index contributed by atoms with van der Waals surface area (Å²) in [5, 5.41) is 5.17. The SMILES string of the molecule is Clc1ccc(Sc2ccccc2C=NNc2nc(N3CCOCC3)nc(N3CCOCC3)n2)cc1. The zero-order valence-corrected chi connectivity index (χ0v) is 20.7. The van der Waals surface area contributed by atoms with Crippen molar-refractivity contribution < 1.29 is 9.47 Å². The molecule has 11 heteroatoms. The van der Waals surface area contributed by atoms with E-state index in [0.29, 0.717) is 44.3 Å². The summed E-state index contributed by atoms with van der Waals surface area (Å²) in [6, 6.07) is 15.9. The van der Waals surface area contributed by atoms with Crippen LogP contribution in [0, 0.1) is 0 Å². The molecule has 0 radical (unpaired) electrons. The Balaban J connectivity index is 1.35. The molecule has 0 bridgehead atoms. The van der Waals surface area contributed by atoms with Crippen LogP contribution < -0.4 is 15.2 Å². The molecule has 2 aromatic carbocycles. The molecule has 1 N–H and O–H groups in total. The maximum atomic E-state index is 6.02. The van der Waals surface area contributed by atoms with Crippen molar-refractivity contribution in [1.29, 1.82) is 0 Å². The molecule has 0 amide bonds. The zero-order valence-electron chi connectivity index (χ0n) is 19.1. The number of benzene rings is 2. The lowest BCUT2D eigenvalue weighted by Gasteiger charge is -2.30. The van der Waals surface area contributed by atoms with Crippen molar-refractivity contribution in [2.24, 2.45) is 5.10 Å². The number of ether oxygens (including phenoxy) is 2. The van der Waals surface area contributed by atoms with Crippen LogP contribution in [-0.4, -0.2) is 73.8 Å². The zero-order chi connectivity index (χ0) is 23.9. The van der Waals surface area contributed by atoms with Crippen molar-refractivity contribution in [3.63, 3.8) is 0 Å². The van der Waals surface area contributed by atoms with E-state index in [9.17, 15) is 0 Å². The lowest BCUT2D eigenvalue weighted by molar-refractivity contribution is 0.121. The van der Waals surface area contributed by atoms with Crippen LogP contribution in [-0.2, 0) is 9.47 Å². The number of hydrogen-bond donors (Lipinski definition) is 1. The second-order valence-corrected chi connectivity index (χ2v) is 9.47. The van der Waals surface area contributed by atoms with Gasteiger partial charge in [-0.2, -0.15) is 20.1 Å². The molecule has 3 heterocycles. The van der Waals surface area contributed by atoms with Crippen LogP contribution in [0.25, 0.3) is 0 Å². The van der Waals surface area contributed by atoms with Gasteiger partial charge in [0.25, 0.3) is 0 Å². The first-order valence-electron chi connectivity index (χ1n) is 11.5. The molecular weight excluding hydrogens is 486 g/mol. The van der Waals surface area contributed by atoms with Gasteiger partial charge < -0.3 is 19.3 Å². The minimum absolute atomic E-state index is 0.405. The van der Waals surface area contributed by atoms with Gasteiger partial charge in [0.1, 0.15) is 0 Å². The van der Waals surface area contributed by atoms with Crippen LogP contribution in [0.3, 0.4) is 0 Å². The number of anilines is 3. The fraction of sp³-hybridized carbons (Fsp3) is 0.333. The minimum atomic E-state index is 0.405. The highest BCUT2D eigenvalue weighted by Crippen LogP contribution is 2.30. The highest BCUT2D eigenvalue weighted by atomic mass is 35.5. The smallest absolute Gasteiger partial charge is 0.250 e. The first-order chi connectivity index (χ1) is 17.2. The summed E-state index contributed by atoms with van der Waals surface area (Å²) < 4.78 is 11.0. The Morgan fingerprint density at radius 1 is 0.829 bits per heavy atom. The van der Waals surface area contributed by atoms with Crippen LogP contribution in [0.2, 0.25) is 5.02 Å². The summed E-state index contributed by atoms with van der Waals surface area (Å²) >= 11 is 7.68. The molecule has 0 saturated carbocycles. The molecule has 182 valence electrons. The van der Waals surface area contributed by atoms with Gasteiger partial charge in [0.15, 0.2) is 0 Å². The van der Waals surface area contributed by atoms with Gasteiger partial charge in [-0.15, -0.1) is 0 Å². The molecule has 5 rings (SSSR count). The number of nitrogens with zero attached hydrogens (tertiary/aromatic N) is 6. The number of nitrogens with one attached hydrogen (secondary N) is 1. The van der Waals surface area contributed by atoms with E-state index in [1.165, 1.54) is 0 Å². The van der Waals surface area contributed by atoms with E-state index in [4.69, 9.17) is 26.1 Å². The second kappa shape index (κ2) is 11.7. The Morgan fingerprint density at radius 3 is 2.06 bits per heavy atom. The third kappa shape index (κ3) is 6.40. The van der Waals surface area contributed by atoms with Crippen molar-refractivity contribution in [3.8, 4) is 0 Å². The van der Waals surface area contributed by atoms with Gasteiger partial charge in [-0.25, -0.2) is 5.43 Å². The number of rotatable bonds is 7. The molecule has 0 spiro atoms. The van der Waals surface area contributed by atoms with Crippen molar-refractivity contribution in [3.05, 3.63) is 59.1 Å². The van der Waals surface area contributed by atoms with Gasteiger partial charge in [-0.1, -0.05) is 41.6 Å². The molecule has 9 nitrogen and oxygen atoms in total. The van der Waals surface area contributed by atoms with Crippen molar-refractivity contribution in [1.82, 2.24) is 15.0 Å². The van der Waals surface area contributed by atoms with E-state index in [-0.39, 0.29) is 0 Å².